The van der Waals surface area contributed by atoms with E-state index >= 15 is 0 Å². The average molecular weight is 395 g/mol. The number of benzene rings is 1. The maximum Gasteiger partial charge on any atom is 0.0697 e. The summed E-state index contributed by atoms with van der Waals surface area (Å²) in [5.41, 5.74) is 2.28. The Hall–Kier alpha value is -0.130. The average Bonchev–Trinajstić information content (AvgIpc) is 2.65. The molecule has 1 heterocycles. The molecule has 0 atom stereocenters. The number of aromatic nitrogens is 2. The van der Waals surface area contributed by atoms with Crippen molar-refractivity contribution in [2.75, 3.05) is 0 Å². The number of alkyl halides is 1. The summed E-state index contributed by atoms with van der Waals surface area (Å²) in [6.45, 7) is 0. The maximum atomic E-state index is 4.26. The fraction of sp³-hybridized carbons (Fsp3) is 0.100. The highest BCUT2D eigenvalue weighted by atomic mass is 79.9. The Kier molecular flexibility index (Phi) is 3.64. The Bertz CT molecular complexity index is 479. The number of halogens is 3. The molecule has 2 aromatic rings. The second kappa shape index (κ2) is 4.80. The molecule has 0 radical (unpaired) electrons. The van der Waals surface area contributed by atoms with Crippen molar-refractivity contribution in [2.45, 2.75) is 5.33 Å². The molecule has 0 bridgehead atoms. The SMILES string of the molecule is BrCc1ccc(Br)cc1-n1cc(Br)cn1. The van der Waals surface area contributed by atoms with Gasteiger partial charge in [0.05, 0.1) is 16.4 Å². The Morgan fingerprint density at radius 3 is 2.60 bits per heavy atom. The van der Waals surface area contributed by atoms with Crippen molar-refractivity contribution in [1.82, 2.24) is 9.78 Å². The van der Waals surface area contributed by atoms with Gasteiger partial charge in [0, 0.05) is 16.0 Å². The fourth-order valence-corrected chi connectivity index (χ4v) is 2.40. The normalized spacial score (nSPS) is 10.6. The number of nitrogens with zero attached hydrogens (tertiary/aromatic N) is 2. The minimum atomic E-state index is 0.813. The molecule has 0 N–H and O–H groups in total. The van der Waals surface area contributed by atoms with Gasteiger partial charge in [0.25, 0.3) is 0 Å². The van der Waals surface area contributed by atoms with Crippen molar-refractivity contribution >= 4 is 47.8 Å². The van der Waals surface area contributed by atoms with Gasteiger partial charge >= 0.3 is 0 Å². The monoisotopic (exact) mass is 392 g/mol. The predicted octanol–water partition coefficient (Wildman–Crippen LogP) is 4.29. The van der Waals surface area contributed by atoms with Crippen LogP contribution in [0.1, 0.15) is 5.56 Å². The first kappa shape index (κ1) is 11.4. The van der Waals surface area contributed by atoms with Gasteiger partial charge in [0.15, 0.2) is 0 Å². The van der Waals surface area contributed by atoms with Crippen LogP contribution in [0.3, 0.4) is 0 Å². The summed E-state index contributed by atoms with van der Waals surface area (Å²) in [5.74, 6) is 0. The van der Waals surface area contributed by atoms with Gasteiger partial charge in [-0.05, 0) is 33.6 Å². The van der Waals surface area contributed by atoms with E-state index in [0.29, 0.717) is 0 Å². The van der Waals surface area contributed by atoms with Crippen LogP contribution in [0, 0.1) is 0 Å². The van der Waals surface area contributed by atoms with Crippen LogP contribution in [0.4, 0.5) is 0 Å². The van der Waals surface area contributed by atoms with Crippen LogP contribution in [0.15, 0.2) is 39.5 Å². The Morgan fingerprint density at radius 1 is 1.20 bits per heavy atom. The van der Waals surface area contributed by atoms with E-state index in [4.69, 9.17) is 0 Å². The Morgan fingerprint density at radius 2 is 2.00 bits per heavy atom. The molecule has 0 aliphatic carbocycles. The second-order valence-electron chi connectivity index (χ2n) is 3.01. The molecular formula is C10H7Br3N2. The summed E-state index contributed by atoms with van der Waals surface area (Å²) in [4.78, 5) is 0. The highest BCUT2D eigenvalue weighted by Gasteiger charge is 2.05. The molecule has 2 nitrogen and oxygen atoms in total. The largest absolute Gasteiger partial charge is 0.239 e. The van der Waals surface area contributed by atoms with Gasteiger partial charge in [-0.25, -0.2) is 4.68 Å². The smallest absolute Gasteiger partial charge is 0.0697 e. The lowest BCUT2D eigenvalue weighted by Crippen LogP contribution is -1.98. The van der Waals surface area contributed by atoms with E-state index in [1.54, 1.807) is 6.20 Å². The fourth-order valence-electron chi connectivity index (χ4n) is 1.30. The Labute approximate surface area is 113 Å². The molecule has 5 heteroatoms. The molecule has 0 spiro atoms. The third-order valence-electron chi connectivity index (χ3n) is 1.99. The van der Waals surface area contributed by atoms with Gasteiger partial charge in [0.2, 0.25) is 0 Å². The molecule has 1 aromatic heterocycles. The summed E-state index contributed by atoms with van der Waals surface area (Å²) in [7, 11) is 0. The molecule has 2 rings (SSSR count). The molecule has 0 aliphatic rings. The first-order chi connectivity index (χ1) is 7.20. The van der Waals surface area contributed by atoms with Crippen LogP contribution in [-0.2, 0) is 5.33 Å². The molecule has 0 fully saturated rings. The van der Waals surface area contributed by atoms with E-state index in [1.807, 2.05) is 16.9 Å². The van der Waals surface area contributed by atoms with Crippen molar-refractivity contribution in [2.24, 2.45) is 0 Å². The number of rotatable bonds is 2. The minimum absolute atomic E-state index is 0.813. The number of hydrogen-bond donors (Lipinski definition) is 0. The molecule has 0 saturated carbocycles. The van der Waals surface area contributed by atoms with Crippen LogP contribution in [0.2, 0.25) is 0 Å². The van der Waals surface area contributed by atoms with Crippen LogP contribution >= 0.6 is 47.8 Å². The third-order valence-corrected chi connectivity index (χ3v) is 3.50. The van der Waals surface area contributed by atoms with Crippen LogP contribution in [0.25, 0.3) is 5.69 Å². The predicted molar refractivity (Wildman–Crippen MR) is 71.6 cm³/mol. The first-order valence-corrected chi connectivity index (χ1v) is 6.96. The lowest BCUT2D eigenvalue weighted by atomic mass is 10.2. The van der Waals surface area contributed by atoms with E-state index in [2.05, 4.69) is 65.0 Å². The van der Waals surface area contributed by atoms with Gasteiger partial charge in [-0.3, -0.25) is 0 Å². The van der Waals surface area contributed by atoms with E-state index < -0.39 is 0 Å². The first-order valence-electron chi connectivity index (χ1n) is 4.25. The zero-order valence-corrected chi connectivity index (χ0v) is 12.4. The van der Waals surface area contributed by atoms with Crippen molar-refractivity contribution in [1.29, 1.82) is 0 Å². The molecule has 0 unspecified atom stereocenters. The molecule has 15 heavy (non-hydrogen) atoms. The van der Waals surface area contributed by atoms with E-state index in [1.165, 1.54) is 5.56 Å². The molecule has 0 aliphatic heterocycles. The van der Waals surface area contributed by atoms with Crippen molar-refractivity contribution in [3.8, 4) is 5.69 Å². The maximum absolute atomic E-state index is 4.26. The van der Waals surface area contributed by atoms with Crippen molar-refractivity contribution in [3.05, 3.63) is 45.1 Å². The van der Waals surface area contributed by atoms with Crippen LogP contribution < -0.4 is 0 Å². The summed E-state index contributed by atoms with van der Waals surface area (Å²) >= 11 is 10.3. The van der Waals surface area contributed by atoms with E-state index in [9.17, 15) is 0 Å². The summed E-state index contributed by atoms with van der Waals surface area (Å²) in [6, 6.07) is 6.15. The minimum Gasteiger partial charge on any atom is -0.239 e. The lowest BCUT2D eigenvalue weighted by Gasteiger charge is -2.07. The second-order valence-corrected chi connectivity index (χ2v) is 5.40. The highest BCUT2D eigenvalue weighted by molar-refractivity contribution is 9.10. The number of hydrogen-bond acceptors (Lipinski definition) is 1. The Balaban J connectivity index is 2.55. The van der Waals surface area contributed by atoms with Gasteiger partial charge in [-0.2, -0.15) is 5.10 Å². The quantitative estimate of drug-likeness (QED) is 0.695. The zero-order valence-electron chi connectivity index (χ0n) is 7.62. The summed E-state index contributed by atoms with van der Waals surface area (Å²) in [5, 5.41) is 5.08. The lowest BCUT2D eigenvalue weighted by molar-refractivity contribution is 0.871. The molecule has 78 valence electrons. The summed E-state index contributed by atoms with van der Waals surface area (Å²) < 4.78 is 3.88. The van der Waals surface area contributed by atoms with Gasteiger partial charge in [-0.1, -0.05) is 37.9 Å². The van der Waals surface area contributed by atoms with Crippen LogP contribution in [-0.4, -0.2) is 9.78 Å². The molecule has 1 aromatic carbocycles. The standard InChI is InChI=1S/C10H7Br3N2/c11-4-7-1-2-8(12)3-10(7)15-6-9(13)5-14-15/h1-3,5-6H,4H2. The molecular weight excluding hydrogens is 388 g/mol. The van der Waals surface area contributed by atoms with Crippen molar-refractivity contribution in [3.63, 3.8) is 0 Å². The van der Waals surface area contributed by atoms with Gasteiger partial charge < -0.3 is 0 Å². The van der Waals surface area contributed by atoms with E-state index in [0.717, 1.165) is 20.0 Å². The topological polar surface area (TPSA) is 17.8 Å². The van der Waals surface area contributed by atoms with Gasteiger partial charge in [-0.15, -0.1) is 0 Å². The van der Waals surface area contributed by atoms with Crippen LogP contribution in [0.5, 0.6) is 0 Å². The van der Waals surface area contributed by atoms with E-state index in [-0.39, 0.29) is 0 Å². The zero-order chi connectivity index (χ0) is 10.8. The highest BCUT2D eigenvalue weighted by Crippen LogP contribution is 2.23. The third kappa shape index (κ3) is 2.52. The van der Waals surface area contributed by atoms with Gasteiger partial charge in [0.1, 0.15) is 0 Å². The summed E-state index contributed by atoms with van der Waals surface area (Å²) in [6.07, 6.45) is 3.72. The molecule has 0 amide bonds. The van der Waals surface area contributed by atoms with Crippen molar-refractivity contribution < 1.29 is 0 Å². The molecule has 0 saturated heterocycles.